The Bertz CT molecular complexity index is 3150. The van der Waals surface area contributed by atoms with Crippen molar-refractivity contribution in [2.24, 2.45) is 4.99 Å². The summed E-state index contributed by atoms with van der Waals surface area (Å²) in [5, 5.41) is 4.89. The van der Waals surface area contributed by atoms with Crippen LogP contribution in [0.3, 0.4) is 0 Å². The first-order chi connectivity index (χ1) is 35.5. The highest BCUT2D eigenvalue weighted by atomic mass is 33.1. The maximum Gasteiger partial charge on any atom is 0.277 e. The van der Waals surface area contributed by atoms with Crippen molar-refractivity contribution in [3.05, 3.63) is 124 Å². The maximum atomic E-state index is 14.1. The van der Waals surface area contributed by atoms with Gasteiger partial charge < -0.3 is 34.5 Å². The van der Waals surface area contributed by atoms with Gasteiger partial charge >= 0.3 is 0 Å². The van der Waals surface area contributed by atoms with Crippen LogP contribution in [0.1, 0.15) is 76.1 Å². The molecule has 388 valence electrons. The lowest BCUT2D eigenvalue weighted by molar-refractivity contribution is -0.121. The third-order valence-electron chi connectivity index (χ3n) is 13.2. The van der Waals surface area contributed by atoms with Crippen molar-refractivity contribution in [2.45, 2.75) is 81.2 Å². The maximum absolute atomic E-state index is 14.1. The molecule has 1 unspecified atom stereocenters. The van der Waals surface area contributed by atoms with Crippen LogP contribution in [0.25, 0.3) is 0 Å². The first-order valence-corrected chi connectivity index (χ1v) is 27.8. The molecule has 9 rings (SSSR count). The number of rotatable bonds is 20. The molecule has 4 amide bonds. The molecule has 4 aliphatic rings. The average Bonchev–Trinajstić information content (AvgIpc) is 3.87. The van der Waals surface area contributed by atoms with E-state index in [4.69, 9.17) is 23.9 Å². The Morgan fingerprint density at radius 2 is 1.46 bits per heavy atom. The number of methoxy groups -OCH3 is 2. The van der Waals surface area contributed by atoms with Crippen LogP contribution in [0.15, 0.2) is 96.0 Å². The van der Waals surface area contributed by atoms with E-state index in [1.165, 1.54) is 42.9 Å². The van der Waals surface area contributed by atoms with E-state index in [-0.39, 0.29) is 61.6 Å². The first-order valence-electron chi connectivity index (χ1n) is 24.0. The Morgan fingerprint density at radius 1 is 0.838 bits per heavy atom. The molecule has 0 aliphatic carbocycles. The van der Waals surface area contributed by atoms with Crippen molar-refractivity contribution in [2.75, 3.05) is 54.0 Å². The van der Waals surface area contributed by atoms with E-state index in [0.29, 0.717) is 81.7 Å². The van der Waals surface area contributed by atoms with E-state index in [9.17, 15) is 32.1 Å². The Labute approximate surface area is 437 Å². The number of aliphatic imine (C=N–C) groups is 1. The fourth-order valence-electron chi connectivity index (χ4n) is 9.58. The van der Waals surface area contributed by atoms with Gasteiger partial charge in [-0.25, -0.2) is 5.43 Å². The van der Waals surface area contributed by atoms with Gasteiger partial charge in [0, 0.05) is 72.3 Å². The molecule has 18 nitrogen and oxygen atoms in total. The zero-order valence-corrected chi connectivity index (χ0v) is 43.9. The van der Waals surface area contributed by atoms with Crippen molar-refractivity contribution in [3.63, 3.8) is 0 Å². The molecule has 0 fully saturated rings. The molecule has 4 aliphatic heterocycles. The van der Waals surface area contributed by atoms with E-state index < -0.39 is 26.0 Å². The second kappa shape index (κ2) is 22.0. The first kappa shape index (κ1) is 52.1. The quantitative estimate of drug-likeness (QED) is 0.0216. The molecule has 0 spiro atoms. The fourth-order valence-corrected chi connectivity index (χ4v) is 13.1. The summed E-state index contributed by atoms with van der Waals surface area (Å²) in [4.78, 5) is 62.5. The molecule has 5 aromatic rings. The van der Waals surface area contributed by atoms with Crippen LogP contribution < -0.4 is 50.2 Å². The van der Waals surface area contributed by atoms with Gasteiger partial charge in [-0.1, -0.05) is 58.0 Å². The number of amides is 4. The van der Waals surface area contributed by atoms with Crippen molar-refractivity contribution in [1.82, 2.24) is 10.9 Å². The molecule has 0 radical (unpaired) electrons. The molecule has 0 aromatic heterocycles. The molecular formula is C53H57N7O11S3. The van der Waals surface area contributed by atoms with Crippen molar-refractivity contribution < 1.29 is 51.1 Å². The lowest BCUT2D eigenvalue weighted by Crippen LogP contribution is -2.45. The zero-order valence-electron chi connectivity index (χ0n) is 41.4. The highest BCUT2D eigenvalue weighted by Crippen LogP contribution is 2.44. The second-order valence-electron chi connectivity index (χ2n) is 18.8. The van der Waals surface area contributed by atoms with Crippen molar-refractivity contribution in [3.8, 4) is 23.0 Å². The standard InChI is InChI=1S/C53H57N7O11S3/c1-53(2,73-72-17-15-48(74(65,66)67)50(62)58-54-3)16-14-49(61)57-35-19-31(29-70-46-25-40-38(23-44(46)68-4)51(63)59-36(27-55-40)21-33-10-6-8-12-42(33)59)18-32(20-35)30-71-47-26-41-39(24-45(47)69-5)52(64)60-37(28-56-41)22-34-11-7-9-13-43(34)60/h6-13,18-20,23-27,36-37,48,54,56H,14-17,21-22,28-30H2,1-5H3,(H,57,61)(H,58,62)(H,65,66,67)/t36-,37-,48?/m0/s1. The number of anilines is 4. The monoisotopic (exact) mass is 1060 g/mol. The Kier molecular flexibility index (Phi) is 15.5. The van der Waals surface area contributed by atoms with Crippen LogP contribution in [0.4, 0.5) is 28.4 Å². The van der Waals surface area contributed by atoms with Crippen molar-refractivity contribution in [1.29, 1.82) is 0 Å². The lowest BCUT2D eigenvalue weighted by atomic mass is 10.1. The smallest absolute Gasteiger partial charge is 0.277 e. The van der Waals surface area contributed by atoms with Crippen LogP contribution in [-0.4, -0.2) is 98.5 Å². The summed E-state index contributed by atoms with van der Waals surface area (Å²) >= 11 is 0. The van der Waals surface area contributed by atoms with E-state index >= 15 is 0 Å². The number of ether oxygens (including phenoxy) is 4. The van der Waals surface area contributed by atoms with Crippen molar-refractivity contribution >= 4 is 90.0 Å². The van der Waals surface area contributed by atoms with E-state index in [0.717, 1.165) is 28.9 Å². The van der Waals surface area contributed by atoms with E-state index in [1.54, 1.807) is 41.4 Å². The Morgan fingerprint density at radius 3 is 2.12 bits per heavy atom. The highest BCUT2D eigenvalue weighted by molar-refractivity contribution is 8.77. The fraction of sp³-hybridized carbons (Fsp3) is 0.340. The van der Waals surface area contributed by atoms with Crippen LogP contribution in [-0.2, 0) is 45.8 Å². The van der Waals surface area contributed by atoms with E-state index in [1.807, 2.05) is 73.3 Å². The van der Waals surface area contributed by atoms with Gasteiger partial charge in [-0.3, -0.25) is 39.0 Å². The largest absolute Gasteiger partial charge is 0.493 e. The minimum atomic E-state index is -4.62. The average molecular weight is 1060 g/mol. The van der Waals surface area contributed by atoms with Gasteiger partial charge in [0.15, 0.2) is 28.2 Å². The third-order valence-corrected chi connectivity index (χ3v) is 17.8. The number of hydrazine groups is 1. The zero-order chi connectivity index (χ0) is 52.3. The summed E-state index contributed by atoms with van der Waals surface area (Å²) in [6, 6.07) is 27.8. The number of fused-ring (bicyclic) bond motifs is 8. The predicted molar refractivity (Wildman–Crippen MR) is 288 cm³/mol. The number of carbonyl (C=O) groups is 4. The number of benzene rings is 5. The minimum Gasteiger partial charge on any atom is -0.493 e. The van der Waals surface area contributed by atoms with Gasteiger partial charge in [-0.2, -0.15) is 8.42 Å². The number of nitrogens with zero attached hydrogens (tertiary/aromatic N) is 3. The van der Waals surface area contributed by atoms with Crippen LogP contribution in [0.2, 0.25) is 0 Å². The summed E-state index contributed by atoms with van der Waals surface area (Å²) in [6.07, 6.45) is 3.66. The molecule has 21 heteroatoms. The van der Waals surface area contributed by atoms with Gasteiger partial charge in [0.1, 0.15) is 13.2 Å². The van der Waals surface area contributed by atoms with Gasteiger partial charge in [0.2, 0.25) is 5.91 Å². The predicted octanol–water partition coefficient (Wildman–Crippen LogP) is 7.92. The molecule has 0 saturated carbocycles. The summed E-state index contributed by atoms with van der Waals surface area (Å²) in [7, 11) is 2.62. The number of nitrogens with one attached hydrogen (secondary N) is 4. The number of carbonyl (C=O) groups excluding carboxylic acids is 4. The Hall–Kier alpha value is -6.78. The molecule has 0 bridgehead atoms. The lowest BCUT2D eigenvalue weighted by Gasteiger charge is -2.23. The normalized spacial score (nSPS) is 16.8. The molecule has 4 heterocycles. The topological polar surface area (TPSA) is 227 Å². The van der Waals surface area contributed by atoms with Gasteiger partial charge in [0.25, 0.3) is 27.8 Å². The number of para-hydroxylation sites is 2. The second-order valence-corrected chi connectivity index (χ2v) is 23.5. The van der Waals surface area contributed by atoms with E-state index in [2.05, 4.69) is 27.6 Å². The van der Waals surface area contributed by atoms with Crippen LogP contribution >= 0.6 is 21.6 Å². The molecule has 5 N–H and O–H groups in total. The minimum absolute atomic E-state index is 0.0244. The Balaban J connectivity index is 0.922. The van der Waals surface area contributed by atoms with Crippen LogP contribution in [0.5, 0.6) is 23.0 Å². The van der Waals surface area contributed by atoms with Gasteiger partial charge in [-0.15, -0.1) is 0 Å². The summed E-state index contributed by atoms with van der Waals surface area (Å²) in [5.41, 5.74) is 12.3. The molecule has 0 saturated heterocycles. The van der Waals surface area contributed by atoms with Gasteiger partial charge in [-0.05, 0) is 97.8 Å². The summed E-state index contributed by atoms with van der Waals surface area (Å²) in [5.74, 6) is 0.295. The van der Waals surface area contributed by atoms with Gasteiger partial charge in [0.05, 0.1) is 48.8 Å². The summed E-state index contributed by atoms with van der Waals surface area (Å²) in [6.45, 7) is 4.53. The molecular weight excluding hydrogens is 1010 g/mol. The molecule has 3 atom stereocenters. The third kappa shape index (κ3) is 11.3. The summed E-state index contributed by atoms with van der Waals surface area (Å²) < 4.78 is 57.4. The highest BCUT2D eigenvalue weighted by Gasteiger charge is 2.39. The number of hydrogen-bond donors (Lipinski definition) is 5. The SMILES string of the molecule is CNNC(=O)C(CCSSC(C)(C)CCC(=O)Nc1cc(COc2cc3c(cc2OC)C(=O)N2c4ccccc4C[C@H]2C=N3)cc(COc2cc3c(cc2OC)C(=O)N2c4ccccc4C[C@H]2CN3)c1)S(=O)(=O)O. The molecule has 5 aromatic carbocycles. The van der Waals surface area contributed by atoms with Crippen LogP contribution in [0, 0.1) is 0 Å². The molecule has 74 heavy (non-hydrogen) atoms. The number of hydrogen-bond acceptors (Lipinski definition) is 15.